The fourth-order valence-corrected chi connectivity index (χ4v) is 2.18. The van der Waals surface area contributed by atoms with Crippen LogP contribution in [0.2, 0.25) is 0 Å². The minimum atomic E-state index is 1.36. The molecule has 1 aliphatic rings. The molecule has 0 aromatic rings. The molecule has 0 aliphatic carbocycles. The number of hydrogen-bond donors (Lipinski definition) is 0. The third-order valence-electron chi connectivity index (χ3n) is 2.88. The molecule has 0 N–H and O–H groups in total. The van der Waals surface area contributed by atoms with E-state index in [9.17, 15) is 0 Å². The summed E-state index contributed by atoms with van der Waals surface area (Å²) in [5.74, 6) is 0. The van der Waals surface area contributed by atoms with Crippen LogP contribution < -0.4 is 0 Å². The Bertz CT molecular complexity index is 92.9. The maximum atomic E-state index is 2.33. The number of quaternary nitrogens is 1. The van der Waals surface area contributed by atoms with Gasteiger partial charge < -0.3 is 4.48 Å². The van der Waals surface area contributed by atoms with Crippen molar-refractivity contribution in [3.05, 3.63) is 0 Å². The Morgan fingerprint density at radius 2 is 1.70 bits per heavy atom. The van der Waals surface area contributed by atoms with E-state index in [-0.39, 0.29) is 0 Å². The largest absolute Gasteiger partial charge is 0.324 e. The lowest BCUT2D eigenvalue weighted by Crippen LogP contribution is -2.45. The molecule has 0 aromatic carbocycles. The summed E-state index contributed by atoms with van der Waals surface area (Å²) in [4.78, 5) is 0. The third kappa shape index (κ3) is 1.51. The molecule has 1 aliphatic heterocycles. The Morgan fingerprint density at radius 1 is 1.10 bits per heavy atom. The lowest BCUT2D eigenvalue weighted by atomic mass is 10.3. The van der Waals surface area contributed by atoms with Crippen LogP contribution in [0.5, 0.6) is 0 Å². The molecular formula is C9H20N+. The molecule has 0 amide bonds. The normalized spacial score (nSPS) is 23.4. The minimum Gasteiger partial charge on any atom is -0.324 e. The maximum Gasteiger partial charge on any atom is 0.0788 e. The molecular weight excluding hydrogens is 122 g/mol. The number of rotatable bonds is 3. The molecule has 0 bridgehead atoms. The first-order valence-electron chi connectivity index (χ1n) is 4.68. The first kappa shape index (κ1) is 8.06. The Labute approximate surface area is 64.6 Å². The Morgan fingerprint density at radius 3 is 2.10 bits per heavy atom. The van der Waals surface area contributed by atoms with Crippen molar-refractivity contribution in [2.45, 2.75) is 33.1 Å². The monoisotopic (exact) mass is 142 g/mol. The molecule has 0 unspecified atom stereocenters. The molecule has 10 heavy (non-hydrogen) atoms. The molecule has 1 heteroatoms. The average molecular weight is 142 g/mol. The quantitative estimate of drug-likeness (QED) is 0.529. The SMILES string of the molecule is CCC[N+]1(CC)CCCC1. The van der Waals surface area contributed by atoms with Gasteiger partial charge in [0.1, 0.15) is 0 Å². The Hall–Kier alpha value is -0.0400. The molecule has 1 fully saturated rings. The smallest absolute Gasteiger partial charge is 0.0788 e. The van der Waals surface area contributed by atoms with Crippen LogP contribution in [0.15, 0.2) is 0 Å². The van der Waals surface area contributed by atoms with Crippen molar-refractivity contribution in [3.8, 4) is 0 Å². The van der Waals surface area contributed by atoms with E-state index in [1.807, 2.05) is 0 Å². The van der Waals surface area contributed by atoms with Crippen LogP contribution in [-0.4, -0.2) is 30.7 Å². The van der Waals surface area contributed by atoms with E-state index >= 15 is 0 Å². The lowest BCUT2D eigenvalue weighted by molar-refractivity contribution is -0.915. The maximum absolute atomic E-state index is 2.33. The minimum absolute atomic E-state index is 1.36. The van der Waals surface area contributed by atoms with Gasteiger partial charge in [-0.15, -0.1) is 0 Å². The van der Waals surface area contributed by atoms with E-state index in [0.29, 0.717) is 0 Å². The average Bonchev–Trinajstić information content (AvgIpc) is 2.39. The second kappa shape index (κ2) is 3.38. The first-order chi connectivity index (χ1) is 4.83. The second-order valence-electron chi connectivity index (χ2n) is 3.54. The molecule has 1 nitrogen and oxygen atoms in total. The van der Waals surface area contributed by atoms with Crippen molar-refractivity contribution in [3.63, 3.8) is 0 Å². The highest BCUT2D eigenvalue weighted by Crippen LogP contribution is 2.18. The van der Waals surface area contributed by atoms with E-state index < -0.39 is 0 Å². The van der Waals surface area contributed by atoms with E-state index in [4.69, 9.17) is 0 Å². The molecule has 1 heterocycles. The van der Waals surface area contributed by atoms with Gasteiger partial charge in [-0.3, -0.25) is 0 Å². The first-order valence-corrected chi connectivity index (χ1v) is 4.68. The predicted molar refractivity (Wildman–Crippen MR) is 44.9 cm³/mol. The van der Waals surface area contributed by atoms with Gasteiger partial charge in [0.2, 0.25) is 0 Å². The van der Waals surface area contributed by atoms with Gasteiger partial charge in [-0.2, -0.15) is 0 Å². The zero-order chi connectivity index (χ0) is 7.45. The summed E-state index contributed by atoms with van der Waals surface area (Å²) in [6, 6.07) is 0. The zero-order valence-corrected chi connectivity index (χ0v) is 7.40. The van der Waals surface area contributed by atoms with Crippen molar-refractivity contribution < 1.29 is 4.48 Å². The molecule has 0 radical (unpaired) electrons. The summed E-state index contributed by atoms with van der Waals surface area (Å²) in [6.07, 6.45) is 4.29. The van der Waals surface area contributed by atoms with Gasteiger partial charge in [-0.1, -0.05) is 6.92 Å². The molecule has 60 valence electrons. The van der Waals surface area contributed by atoms with E-state index in [0.717, 1.165) is 0 Å². The Balaban J connectivity index is 2.41. The van der Waals surface area contributed by atoms with Gasteiger partial charge in [0.15, 0.2) is 0 Å². The van der Waals surface area contributed by atoms with Crippen molar-refractivity contribution in [2.75, 3.05) is 26.2 Å². The topological polar surface area (TPSA) is 0 Å². The van der Waals surface area contributed by atoms with E-state index in [1.165, 1.54) is 49.9 Å². The molecule has 1 rings (SSSR count). The summed E-state index contributed by atoms with van der Waals surface area (Å²) in [5.41, 5.74) is 0. The van der Waals surface area contributed by atoms with Gasteiger partial charge in [0.05, 0.1) is 26.2 Å². The van der Waals surface area contributed by atoms with Crippen LogP contribution in [0.4, 0.5) is 0 Å². The highest BCUT2D eigenvalue weighted by molar-refractivity contribution is 4.52. The van der Waals surface area contributed by atoms with E-state index in [2.05, 4.69) is 13.8 Å². The lowest BCUT2D eigenvalue weighted by Gasteiger charge is -2.32. The third-order valence-corrected chi connectivity index (χ3v) is 2.88. The summed E-state index contributed by atoms with van der Waals surface area (Å²) >= 11 is 0. The van der Waals surface area contributed by atoms with Gasteiger partial charge in [-0.05, 0) is 13.3 Å². The van der Waals surface area contributed by atoms with Crippen LogP contribution in [0.25, 0.3) is 0 Å². The van der Waals surface area contributed by atoms with Gasteiger partial charge in [0, 0.05) is 12.8 Å². The molecule has 1 saturated heterocycles. The van der Waals surface area contributed by atoms with Crippen molar-refractivity contribution in [2.24, 2.45) is 0 Å². The molecule has 0 spiro atoms. The van der Waals surface area contributed by atoms with Crippen LogP contribution in [0.3, 0.4) is 0 Å². The van der Waals surface area contributed by atoms with Crippen molar-refractivity contribution >= 4 is 0 Å². The van der Waals surface area contributed by atoms with Crippen molar-refractivity contribution in [1.82, 2.24) is 0 Å². The fraction of sp³-hybridized carbons (Fsp3) is 1.00. The van der Waals surface area contributed by atoms with Gasteiger partial charge >= 0.3 is 0 Å². The molecule has 0 saturated carbocycles. The van der Waals surface area contributed by atoms with Gasteiger partial charge in [-0.25, -0.2) is 0 Å². The standard InChI is InChI=1S/C9H20N/c1-3-7-10(4-2)8-5-6-9-10/h3-9H2,1-2H3/q+1. The van der Waals surface area contributed by atoms with Crippen molar-refractivity contribution in [1.29, 1.82) is 0 Å². The number of likely N-dealkylation sites (tertiary alicyclic amines) is 1. The fourth-order valence-electron chi connectivity index (χ4n) is 2.18. The summed E-state index contributed by atoms with van der Waals surface area (Å²) in [7, 11) is 0. The van der Waals surface area contributed by atoms with Crippen LogP contribution in [0.1, 0.15) is 33.1 Å². The highest BCUT2D eigenvalue weighted by atomic mass is 15.4. The highest BCUT2D eigenvalue weighted by Gasteiger charge is 2.28. The zero-order valence-electron chi connectivity index (χ0n) is 7.40. The number of hydrogen-bond acceptors (Lipinski definition) is 0. The van der Waals surface area contributed by atoms with Crippen LogP contribution in [0, 0.1) is 0 Å². The van der Waals surface area contributed by atoms with Crippen LogP contribution >= 0.6 is 0 Å². The second-order valence-corrected chi connectivity index (χ2v) is 3.54. The predicted octanol–water partition coefficient (Wildman–Crippen LogP) is 2.03. The van der Waals surface area contributed by atoms with Gasteiger partial charge in [0.25, 0.3) is 0 Å². The van der Waals surface area contributed by atoms with Crippen LogP contribution in [-0.2, 0) is 0 Å². The number of nitrogens with zero attached hydrogens (tertiary/aromatic N) is 1. The summed E-state index contributed by atoms with van der Waals surface area (Å²) in [6.45, 7) is 10.3. The molecule has 0 atom stereocenters. The van der Waals surface area contributed by atoms with E-state index in [1.54, 1.807) is 0 Å². The molecule has 0 aromatic heterocycles. The summed E-state index contributed by atoms with van der Waals surface area (Å²) < 4.78 is 1.41. The Kier molecular flexibility index (Phi) is 2.72. The summed E-state index contributed by atoms with van der Waals surface area (Å²) in [5, 5.41) is 0.